The van der Waals surface area contributed by atoms with Gasteiger partial charge < -0.3 is 10.1 Å². The number of hydrogen-bond donors (Lipinski definition) is 2. The topological polar surface area (TPSA) is 89.0 Å². The zero-order valence-corrected chi connectivity index (χ0v) is 13.8. The molecule has 7 heteroatoms. The van der Waals surface area contributed by atoms with Crippen molar-refractivity contribution in [2.24, 2.45) is 0 Å². The van der Waals surface area contributed by atoms with Crippen LogP contribution in [0.4, 0.5) is 0 Å². The third-order valence-corrected chi connectivity index (χ3v) is 4.28. The van der Waals surface area contributed by atoms with Crippen molar-refractivity contribution in [3.8, 4) is 16.9 Å². The van der Waals surface area contributed by atoms with Crippen LogP contribution in [0.1, 0.15) is 12.8 Å². The van der Waals surface area contributed by atoms with Crippen LogP contribution in [0.2, 0.25) is 0 Å². The third-order valence-electron chi connectivity index (χ3n) is 4.28. The van der Waals surface area contributed by atoms with Gasteiger partial charge in [-0.25, -0.2) is 9.78 Å². The number of carbonyl (C=O) groups excluding carboxylic acids is 1. The summed E-state index contributed by atoms with van der Waals surface area (Å²) < 4.78 is 6.67. The molecule has 2 heterocycles. The minimum atomic E-state index is -0.337. The Morgan fingerprint density at radius 1 is 1.36 bits per heavy atom. The number of rotatable bonds is 5. The summed E-state index contributed by atoms with van der Waals surface area (Å²) in [7, 11) is 1.61. The monoisotopic (exact) mass is 338 g/mol. The highest BCUT2D eigenvalue weighted by molar-refractivity contribution is 5.82. The molecule has 7 nitrogen and oxygen atoms in total. The highest BCUT2D eigenvalue weighted by Gasteiger charge is 2.24. The number of fused-ring (bicyclic) bond motifs is 1. The van der Waals surface area contributed by atoms with Gasteiger partial charge in [0.2, 0.25) is 5.91 Å². The van der Waals surface area contributed by atoms with E-state index in [1.54, 1.807) is 13.3 Å². The molecule has 3 aromatic rings. The lowest BCUT2D eigenvalue weighted by Crippen LogP contribution is -2.32. The van der Waals surface area contributed by atoms with E-state index in [1.807, 2.05) is 30.3 Å². The van der Waals surface area contributed by atoms with Gasteiger partial charge in [-0.1, -0.05) is 12.1 Å². The van der Waals surface area contributed by atoms with Crippen LogP contribution in [0.15, 0.2) is 41.3 Å². The van der Waals surface area contributed by atoms with Crippen molar-refractivity contribution in [1.82, 2.24) is 19.9 Å². The Bertz CT molecular complexity index is 1000. The maximum absolute atomic E-state index is 12.2. The normalized spacial score (nSPS) is 13.8. The molecule has 1 amide bonds. The average Bonchev–Trinajstić information content (AvgIpc) is 3.38. The second-order valence-electron chi connectivity index (χ2n) is 6.18. The Morgan fingerprint density at radius 3 is 2.96 bits per heavy atom. The minimum Gasteiger partial charge on any atom is -0.497 e. The number of nitrogens with zero attached hydrogens (tertiary/aromatic N) is 2. The van der Waals surface area contributed by atoms with Crippen LogP contribution in [0, 0.1) is 0 Å². The van der Waals surface area contributed by atoms with E-state index < -0.39 is 0 Å². The van der Waals surface area contributed by atoms with Gasteiger partial charge in [0.15, 0.2) is 5.65 Å². The van der Waals surface area contributed by atoms with Gasteiger partial charge in [-0.05, 0) is 36.6 Å². The van der Waals surface area contributed by atoms with Crippen molar-refractivity contribution in [2.45, 2.75) is 25.4 Å². The number of H-pyrrole nitrogens is 1. The molecule has 0 bridgehead atoms. The number of aromatic nitrogens is 3. The molecule has 0 spiro atoms. The molecule has 0 atom stereocenters. The molecule has 1 fully saturated rings. The maximum Gasteiger partial charge on any atom is 0.328 e. The van der Waals surface area contributed by atoms with E-state index in [0.29, 0.717) is 11.2 Å². The molecule has 0 radical (unpaired) electrons. The van der Waals surface area contributed by atoms with Crippen LogP contribution in [-0.4, -0.2) is 33.6 Å². The van der Waals surface area contributed by atoms with Crippen molar-refractivity contribution < 1.29 is 9.53 Å². The molecule has 1 aliphatic rings. The van der Waals surface area contributed by atoms with Crippen molar-refractivity contribution in [2.75, 3.05) is 7.11 Å². The molecule has 1 aliphatic carbocycles. The van der Waals surface area contributed by atoms with Gasteiger partial charge in [-0.2, -0.15) is 0 Å². The molecule has 0 unspecified atom stereocenters. The van der Waals surface area contributed by atoms with Crippen molar-refractivity contribution >= 4 is 17.1 Å². The Balaban J connectivity index is 1.72. The van der Waals surface area contributed by atoms with Gasteiger partial charge in [-0.3, -0.25) is 14.3 Å². The van der Waals surface area contributed by atoms with E-state index in [-0.39, 0.29) is 24.2 Å². The largest absolute Gasteiger partial charge is 0.497 e. The first-order valence-electron chi connectivity index (χ1n) is 8.16. The van der Waals surface area contributed by atoms with Gasteiger partial charge in [-0.15, -0.1) is 0 Å². The Labute approximate surface area is 143 Å². The number of carbonyl (C=O) groups is 1. The Morgan fingerprint density at radius 2 is 2.20 bits per heavy atom. The van der Waals surface area contributed by atoms with Gasteiger partial charge in [0, 0.05) is 17.8 Å². The summed E-state index contributed by atoms with van der Waals surface area (Å²) >= 11 is 0. The molecule has 1 aromatic carbocycles. The molecule has 0 saturated heterocycles. The lowest BCUT2D eigenvalue weighted by Gasteiger charge is -2.07. The fourth-order valence-electron chi connectivity index (χ4n) is 2.80. The second-order valence-corrected chi connectivity index (χ2v) is 6.18. The van der Waals surface area contributed by atoms with Crippen LogP contribution >= 0.6 is 0 Å². The molecule has 4 rings (SSSR count). The molecule has 1 saturated carbocycles. The zero-order valence-electron chi connectivity index (χ0n) is 13.8. The number of imidazole rings is 1. The summed E-state index contributed by atoms with van der Waals surface area (Å²) in [6, 6.07) is 9.73. The summed E-state index contributed by atoms with van der Waals surface area (Å²) in [6.07, 6.45) is 3.72. The minimum absolute atomic E-state index is 0.0153. The Kier molecular flexibility index (Phi) is 3.76. The molecular formula is C18H18N4O3. The SMILES string of the molecule is COc1cccc(-c2cnc3[nH]c(=O)n(CC(=O)NC4CC4)c3c2)c1. The fraction of sp³-hybridized carbons (Fsp3) is 0.278. The number of amides is 1. The lowest BCUT2D eigenvalue weighted by molar-refractivity contribution is -0.121. The lowest BCUT2D eigenvalue weighted by atomic mass is 10.1. The standard InChI is InChI=1S/C18H18N4O3/c1-25-14-4-2-3-11(7-14)12-8-15-17(19-9-12)21-18(24)22(15)10-16(23)20-13-5-6-13/h2-4,7-9,13H,5-6,10H2,1H3,(H,20,23)(H,19,21,24). The average molecular weight is 338 g/mol. The summed E-state index contributed by atoms with van der Waals surface area (Å²) in [5.41, 5.74) is 2.52. The number of pyridine rings is 1. The molecule has 0 aliphatic heterocycles. The van der Waals surface area contributed by atoms with Crippen LogP contribution in [0.3, 0.4) is 0 Å². The molecule has 2 aromatic heterocycles. The summed E-state index contributed by atoms with van der Waals surface area (Å²) in [6.45, 7) is -0.0153. The molecular weight excluding hydrogens is 320 g/mol. The smallest absolute Gasteiger partial charge is 0.328 e. The van der Waals surface area contributed by atoms with Crippen LogP contribution < -0.4 is 15.7 Å². The number of nitrogens with one attached hydrogen (secondary N) is 2. The van der Waals surface area contributed by atoms with E-state index in [1.165, 1.54) is 4.57 Å². The second kappa shape index (κ2) is 6.08. The summed E-state index contributed by atoms with van der Waals surface area (Å²) in [4.78, 5) is 31.3. The number of ether oxygens (including phenoxy) is 1. The van der Waals surface area contributed by atoms with Crippen LogP contribution in [0.25, 0.3) is 22.3 Å². The quantitative estimate of drug-likeness (QED) is 0.741. The summed E-state index contributed by atoms with van der Waals surface area (Å²) in [5, 5.41) is 2.90. The van der Waals surface area contributed by atoms with E-state index in [2.05, 4.69) is 15.3 Å². The van der Waals surface area contributed by atoms with Crippen molar-refractivity contribution in [3.05, 3.63) is 47.0 Å². The number of hydrogen-bond acceptors (Lipinski definition) is 4. The maximum atomic E-state index is 12.2. The number of benzene rings is 1. The van der Waals surface area contributed by atoms with E-state index in [4.69, 9.17) is 4.74 Å². The number of methoxy groups -OCH3 is 1. The van der Waals surface area contributed by atoms with Gasteiger partial charge in [0.1, 0.15) is 12.3 Å². The van der Waals surface area contributed by atoms with Crippen molar-refractivity contribution in [3.63, 3.8) is 0 Å². The third kappa shape index (κ3) is 3.13. The predicted molar refractivity (Wildman–Crippen MR) is 93.5 cm³/mol. The highest BCUT2D eigenvalue weighted by Crippen LogP contribution is 2.25. The first-order valence-corrected chi connectivity index (χ1v) is 8.16. The summed E-state index contributed by atoms with van der Waals surface area (Å²) in [5.74, 6) is 0.588. The zero-order chi connectivity index (χ0) is 17.4. The van der Waals surface area contributed by atoms with Crippen molar-refractivity contribution in [1.29, 1.82) is 0 Å². The van der Waals surface area contributed by atoms with Crippen LogP contribution in [0.5, 0.6) is 5.75 Å². The first-order chi connectivity index (χ1) is 12.1. The van der Waals surface area contributed by atoms with E-state index in [0.717, 1.165) is 29.7 Å². The van der Waals surface area contributed by atoms with Gasteiger partial charge in [0.05, 0.1) is 12.6 Å². The highest BCUT2D eigenvalue weighted by atomic mass is 16.5. The first kappa shape index (κ1) is 15.4. The predicted octanol–water partition coefficient (Wildman–Crippen LogP) is 1.68. The molecule has 25 heavy (non-hydrogen) atoms. The Hall–Kier alpha value is -3.09. The number of aromatic amines is 1. The van der Waals surface area contributed by atoms with Gasteiger partial charge >= 0.3 is 5.69 Å². The van der Waals surface area contributed by atoms with Gasteiger partial charge in [0.25, 0.3) is 0 Å². The van der Waals surface area contributed by atoms with Crippen LogP contribution in [-0.2, 0) is 11.3 Å². The fourth-order valence-corrected chi connectivity index (χ4v) is 2.80. The molecule has 128 valence electrons. The molecule has 2 N–H and O–H groups in total. The van der Waals surface area contributed by atoms with E-state index in [9.17, 15) is 9.59 Å². The van der Waals surface area contributed by atoms with E-state index >= 15 is 0 Å².